The molecule has 0 aromatic heterocycles. The highest BCUT2D eigenvalue weighted by Gasteiger charge is 2.01. The Labute approximate surface area is 105 Å². The highest BCUT2D eigenvalue weighted by Crippen LogP contribution is 2.04. The predicted octanol–water partition coefficient (Wildman–Crippen LogP) is 3.80. The molecule has 17 heavy (non-hydrogen) atoms. The van der Waals surface area contributed by atoms with Crippen molar-refractivity contribution in [3.8, 4) is 0 Å². The zero-order valence-corrected chi connectivity index (χ0v) is 10.8. The summed E-state index contributed by atoms with van der Waals surface area (Å²) in [6.45, 7) is 10.7. The van der Waals surface area contributed by atoms with Gasteiger partial charge in [0.05, 0.1) is 0 Å². The van der Waals surface area contributed by atoms with Crippen molar-refractivity contribution in [2.75, 3.05) is 13.1 Å². The summed E-state index contributed by atoms with van der Waals surface area (Å²) < 4.78 is 0. The molecule has 0 radical (unpaired) electrons. The summed E-state index contributed by atoms with van der Waals surface area (Å²) in [6.07, 6.45) is 4.03. The van der Waals surface area contributed by atoms with Crippen molar-refractivity contribution >= 4 is 0 Å². The normalized spacial score (nSPS) is 9.82. The van der Waals surface area contributed by atoms with Crippen LogP contribution in [0.5, 0.6) is 0 Å². The van der Waals surface area contributed by atoms with Crippen LogP contribution >= 0.6 is 0 Å². The molecule has 0 aliphatic rings. The van der Waals surface area contributed by atoms with Gasteiger partial charge in [0.1, 0.15) is 0 Å². The fourth-order valence-electron chi connectivity index (χ4n) is 1.61. The van der Waals surface area contributed by atoms with Gasteiger partial charge >= 0.3 is 0 Å². The Morgan fingerprint density at radius 3 is 2.53 bits per heavy atom. The summed E-state index contributed by atoms with van der Waals surface area (Å²) in [5, 5.41) is 0. The van der Waals surface area contributed by atoms with Crippen LogP contribution in [0.3, 0.4) is 0 Å². The van der Waals surface area contributed by atoms with Gasteiger partial charge in [-0.15, -0.1) is 12.3 Å². The van der Waals surface area contributed by atoms with E-state index >= 15 is 0 Å². The predicted molar refractivity (Wildman–Crippen MR) is 74.9 cm³/mol. The van der Waals surface area contributed by atoms with Crippen molar-refractivity contribution in [3.63, 3.8) is 0 Å². The van der Waals surface area contributed by atoms with Crippen LogP contribution in [-0.4, -0.2) is 18.0 Å². The van der Waals surface area contributed by atoms with E-state index in [-0.39, 0.29) is 0 Å². The molecule has 1 rings (SSSR count). The number of hydrogen-bond donors (Lipinski definition) is 0. The van der Waals surface area contributed by atoms with Crippen molar-refractivity contribution in [1.82, 2.24) is 4.90 Å². The Morgan fingerprint density at radius 1 is 1.24 bits per heavy atom. The minimum absolute atomic E-state index is 0.899. The van der Waals surface area contributed by atoms with Gasteiger partial charge in [-0.2, -0.15) is 0 Å². The molecule has 1 nitrogen and oxygen atoms in total. The first-order chi connectivity index (χ1) is 8.22. The lowest BCUT2D eigenvalue weighted by molar-refractivity contribution is 0.327. The summed E-state index contributed by atoms with van der Waals surface area (Å²) in [4.78, 5) is 2.33. The second-order valence-electron chi connectivity index (χ2n) is 4.32. The minimum Gasteiger partial charge on any atom is -0.291 e. The quantitative estimate of drug-likeness (QED) is 0.528. The maximum Gasteiger partial charge on any atom is 0.0245 e. The molecule has 1 heteroatoms. The smallest absolute Gasteiger partial charge is 0.0245 e. The molecule has 0 aliphatic carbocycles. The molecular formula is C16H21N. The van der Waals surface area contributed by atoms with Gasteiger partial charge in [-0.1, -0.05) is 36.4 Å². The van der Waals surface area contributed by atoms with E-state index < -0.39 is 0 Å². The molecule has 0 saturated heterocycles. The van der Waals surface area contributed by atoms with E-state index in [2.05, 4.69) is 61.4 Å². The van der Waals surface area contributed by atoms with Crippen molar-refractivity contribution in [2.24, 2.45) is 0 Å². The Morgan fingerprint density at radius 2 is 1.94 bits per heavy atom. The number of nitrogens with zero attached hydrogens (tertiary/aromatic N) is 1. The van der Waals surface area contributed by atoms with E-state index in [9.17, 15) is 0 Å². The zero-order valence-electron chi connectivity index (χ0n) is 10.8. The third kappa shape index (κ3) is 5.91. The standard InChI is InChI=1S/C16H21N/c1-4-12-17(13-8-9-15(2)3)14-16-10-6-5-7-11-16/h4-8,10-11H,1,12-14H2,2-3H3. The van der Waals surface area contributed by atoms with Crippen LogP contribution in [0.2, 0.25) is 0 Å². The van der Waals surface area contributed by atoms with Crippen LogP contribution < -0.4 is 0 Å². The molecule has 0 N–H and O–H groups in total. The summed E-state index contributed by atoms with van der Waals surface area (Å²) in [6, 6.07) is 10.5. The lowest BCUT2D eigenvalue weighted by Gasteiger charge is -2.18. The first-order valence-corrected chi connectivity index (χ1v) is 5.98. The van der Waals surface area contributed by atoms with Gasteiger partial charge in [0.2, 0.25) is 0 Å². The van der Waals surface area contributed by atoms with E-state index in [1.165, 1.54) is 11.1 Å². The van der Waals surface area contributed by atoms with Gasteiger partial charge < -0.3 is 0 Å². The highest BCUT2D eigenvalue weighted by atomic mass is 15.1. The van der Waals surface area contributed by atoms with E-state index in [1.807, 2.05) is 12.1 Å². The lowest BCUT2D eigenvalue weighted by Crippen LogP contribution is -2.23. The topological polar surface area (TPSA) is 3.24 Å². The van der Waals surface area contributed by atoms with Crippen molar-refractivity contribution in [1.29, 1.82) is 0 Å². The van der Waals surface area contributed by atoms with E-state index in [4.69, 9.17) is 0 Å². The summed E-state index contributed by atoms with van der Waals surface area (Å²) in [5.74, 6) is 0. The molecule has 0 bridgehead atoms. The van der Waals surface area contributed by atoms with E-state index in [1.54, 1.807) is 0 Å². The zero-order chi connectivity index (χ0) is 12.5. The van der Waals surface area contributed by atoms with Crippen molar-refractivity contribution in [2.45, 2.75) is 20.4 Å². The van der Waals surface area contributed by atoms with Crippen LogP contribution in [0.15, 0.2) is 60.4 Å². The molecule has 0 heterocycles. The fourth-order valence-corrected chi connectivity index (χ4v) is 1.61. The van der Waals surface area contributed by atoms with Crippen LogP contribution in [0.4, 0.5) is 0 Å². The molecule has 0 spiro atoms. The van der Waals surface area contributed by atoms with Gasteiger partial charge in [0, 0.05) is 19.6 Å². The summed E-state index contributed by atoms with van der Waals surface area (Å²) >= 11 is 0. The van der Waals surface area contributed by atoms with E-state index in [0.717, 1.165) is 19.6 Å². The SMILES string of the molecule is C=CCN(CC=C=C(C)C)Cc1ccccc1. The second-order valence-corrected chi connectivity index (χ2v) is 4.32. The van der Waals surface area contributed by atoms with Crippen LogP contribution in [-0.2, 0) is 6.54 Å². The summed E-state index contributed by atoms with van der Waals surface area (Å²) in [5.41, 5.74) is 5.78. The Hall–Kier alpha value is -1.56. The Balaban J connectivity index is 2.60. The molecule has 0 fully saturated rings. The molecular weight excluding hydrogens is 206 g/mol. The van der Waals surface area contributed by atoms with Crippen molar-refractivity contribution < 1.29 is 0 Å². The molecule has 0 amide bonds. The average Bonchev–Trinajstić information content (AvgIpc) is 2.30. The van der Waals surface area contributed by atoms with Crippen LogP contribution in [0.1, 0.15) is 19.4 Å². The van der Waals surface area contributed by atoms with Crippen molar-refractivity contribution in [3.05, 3.63) is 65.9 Å². The van der Waals surface area contributed by atoms with Crippen LogP contribution in [0, 0.1) is 0 Å². The Kier molecular flexibility index (Phi) is 6.09. The highest BCUT2D eigenvalue weighted by molar-refractivity contribution is 5.14. The van der Waals surface area contributed by atoms with E-state index in [0.29, 0.717) is 0 Å². The number of rotatable bonds is 6. The minimum atomic E-state index is 0.899. The molecule has 0 unspecified atom stereocenters. The van der Waals surface area contributed by atoms with Crippen LogP contribution in [0.25, 0.3) is 0 Å². The van der Waals surface area contributed by atoms with Gasteiger partial charge in [-0.3, -0.25) is 4.90 Å². The first kappa shape index (κ1) is 13.5. The molecule has 1 aromatic carbocycles. The molecule has 90 valence electrons. The average molecular weight is 227 g/mol. The molecule has 0 aliphatic heterocycles. The molecule has 0 saturated carbocycles. The third-order valence-electron chi connectivity index (χ3n) is 2.38. The molecule has 0 atom stereocenters. The number of hydrogen-bond acceptors (Lipinski definition) is 1. The first-order valence-electron chi connectivity index (χ1n) is 5.98. The lowest BCUT2D eigenvalue weighted by atomic mass is 10.2. The third-order valence-corrected chi connectivity index (χ3v) is 2.38. The number of benzene rings is 1. The largest absolute Gasteiger partial charge is 0.291 e. The summed E-state index contributed by atoms with van der Waals surface area (Å²) in [7, 11) is 0. The molecule has 1 aromatic rings. The second kappa shape index (κ2) is 7.67. The monoisotopic (exact) mass is 227 g/mol. The fraction of sp³-hybridized carbons (Fsp3) is 0.312. The maximum atomic E-state index is 3.80. The van der Waals surface area contributed by atoms with Gasteiger partial charge in [0.25, 0.3) is 0 Å². The van der Waals surface area contributed by atoms with Gasteiger partial charge in [-0.05, 0) is 31.1 Å². The maximum absolute atomic E-state index is 3.80. The van der Waals surface area contributed by atoms with Gasteiger partial charge in [-0.25, -0.2) is 0 Å². The Bertz CT molecular complexity index is 393. The van der Waals surface area contributed by atoms with Gasteiger partial charge in [0.15, 0.2) is 0 Å².